The van der Waals surface area contributed by atoms with Crippen LogP contribution in [0.4, 0.5) is 27.1 Å². The summed E-state index contributed by atoms with van der Waals surface area (Å²) >= 11 is 0. The molecule has 10 rings (SSSR count). The molecule has 0 amide bonds. The van der Waals surface area contributed by atoms with Crippen LogP contribution in [0.5, 0.6) is 11.5 Å². The van der Waals surface area contributed by atoms with Crippen molar-refractivity contribution in [2.45, 2.75) is 33.1 Å². The Hall–Kier alpha value is -7.18. The lowest BCUT2D eigenvalue weighted by atomic mass is 9.88. The van der Waals surface area contributed by atoms with Gasteiger partial charge in [-0.3, -0.25) is 4.57 Å². The third-order valence-corrected chi connectivity index (χ3v) is 11.5. The van der Waals surface area contributed by atoms with Gasteiger partial charge in [0.2, 0.25) is 0 Å². The van der Waals surface area contributed by atoms with E-state index in [-0.39, 0.29) is 11.2 Å². The van der Waals surface area contributed by atoms with Gasteiger partial charge in [0.1, 0.15) is 29.8 Å². The Balaban J connectivity index is 1.09. The Morgan fingerprint density at radius 3 is 2.02 bits per heavy atom. The number of anilines is 4. The number of halogens is 1. The van der Waals surface area contributed by atoms with Gasteiger partial charge in [-0.2, -0.15) is 0 Å². The van der Waals surface area contributed by atoms with E-state index in [4.69, 9.17) is 9.72 Å². The molecule has 59 heavy (non-hydrogen) atoms. The summed E-state index contributed by atoms with van der Waals surface area (Å²) < 4.78 is 23.2. The van der Waals surface area contributed by atoms with Crippen LogP contribution >= 0.6 is 0 Å². The third-order valence-electron chi connectivity index (χ3n) is 11.5. The smallest absolute Gasteiger partial charge is 0.137 e. The molecule has 0 fully saturated rings. The number of pyridine rings is 1. The van der Waals surface area contributed by atoms with Gasteiger partial charge in [0, 0.05) is 40.4 Å². The lowest BCUT2D eigenvalue weighted by molar-refractivity contribution is 0.483. The molecule has 0 atom stereocenters. The molecule has 2 aromatic heterocycles. The van der Waals surface area contributed by atoms with E-state index in [0.29, 0.717) is 6.67 Å². The number of hydrogen-bond acceptors (Lipinski definition) is 4. The summed E-state index contributed by atoms with van der Waals surface area (Å²) in [6, 6.07) is 57.8. The van der Waals surface area contributed by atoms with Crippen molar-refractivity contribution in [3.8, 4) is 39.6 Å². The predicted octanol–water partition coefficient (Wildman–Crippen LogP) is 14.3. The number of fused-ring (bicyclic) bond motifs is 4. The summed E-state index contributed by atoms with van der Waals surface area (Å²) in [5.74, 6) is 2.10. The quantitative estimate of drug-likeness (QED) is 0.162. The maximum absolute atomic E-state index is 14.0. The minimum Gasteiger partial charge on any atom is -0.457 e. The standard InChI is InChI=1S/C53H43FN4O/c1-35-13-5-6-14-43(35)37-29-40(56-34-57(50-20-12-11-19-49(50)56)47-17-9-7-15-44(47)36-21-23-39(54)24-22-36)32-42(30-37)59-41-25-26-46-45-16-8-10-18-48(45)58(51(46)33-41)52-31-38(27-28-55-52)53(2,3)4/h5-33H,34H2,1-4H3. The number of nitrogens with zero attached hydrogens (tertiary/aromatic N) is 4. The monoisotopic (exact) mass is 770 g/mol. The Morgan fingerprint density at radius 1 is 0.559 bits per heavy atom. The van der Waals surface area contributed by atoms with Gasteiger partial charge in [-0.05, 0) is 113 Å². The van der Waals surface area contributed by atoms with E-state index >= 15 is 0 Å². The van der Waals surface area contributed by atoms with Crippen molar-refractivity contribution in [3.05, 3.63) is 193 Å². The third kappa shape index (κ3) is 6.57. The molecule has 0 unspecified atom stereocenters. The van der Waals surface area contributed by atoms with Crippen molar-refractivity contribution in [1.82, 2.24) is 9.55 Å². The number of para-hydroxylation sites is 4. The SMILES string of the molecule is Cc1ccccc1-c1cc(Oc2ccc3c4ccccc4n(-c4cc(C(C)(C)C)ccn4)c3c2)cc(N2CN(c3ccccc3-c3ccc(F)cc3)c3ccccc32)c1. The summed E-state index contributed by atoms with van der Waals surface area (Å²) in [5.41, 5.74) is 13.0. The van der Waals surface area contributed by atoms with Crippen molar-refractivity contribution in [3.63, 3.8) is 0 Å². The molecule has 9 aromatic rings. The fraction of sp³-hybridized carbons (Fsp3) is 0.113. The molecule has 5 nitrogen and oxygen atoms in total. The molecule has 0 saturated carbocycles. The van der Waals surface area contributed by atoms with E-state index in [2.05, 4.69) is 182 Å². The topological polar surface area (TPSA) is 33.5 Å². The molecule has 6 heteroatoms. The van der Waals surface area contributed by atoms with Crippen LogP contribution in [-0.4, -0.2) is 16.2 Å². The van der Waals surface area contributed by atoms with E-state index < -0.39 is 0 Å². The second-order valence-corrected chi connectivity index (χ2v) is 16.3. The van der Waals surface area contributed by atoms with E-state index in [1.165, 1.54) is 28.6 Å². The molecule has 0 N–H and O–H groups in total. The molecule has 1 aliphatic heterocycles. The molecule has 0 aliphatic carbocycles. The van der Waals surface area contributed by atoms with Gasteiger partial charge in [-0.25, -0.2) is 9.37 Å². The van der Waals surface area contributed by atoms with E-state index in [0.717, 1.165) is 78.7 Å². The lowest BCUT2D eigenvalue weighted by Crippen LogP contribution is -2.24. The molecule has 0 radical (unpaired) electrons. The average Bonchev–Trinajstić information content (AvgIpc) is 3.80. The molecule has 7 aromatic carbocycles. The normalized spacial score (nSPS) is 12.7. The minimum atomic E-state index is -0.249. The first-order valence-corrected chi connectivity index (χ1v) is 20.1. The Kier molecular flexibility index (Phi) is 8.79. The van der Waals surface area contributed by atoms with Crippen LogP contribution in [-0.2, 0) is 5.41 Å². The van der Waals surface area contributed by atoms with Gasteiger partial charge in [-0.15, -0.1) is 0 Å². The molecular formula is C53H43FN4O. The molecule has 0 bridgehead atoms. The molecule has 288 valence electrons. The maximum atomic E-state index is 14.0. The lowest BCUT2D eigenvalue weighted by Gasteiger charge is -2.25. The first kappa shape index (κ1) is 36.2. The van der Waals surface area contributed by atoms with Crippen LogP contribution in [0.25, 0.3) is 49.9 Å². The molecule has 1 aliphatic rings. The van der Waals surface area contributed by atoms with E-state index in [1.807, 2.05) is 24.4 Å². The van der Waals surface area contributed by atoms with Gasteiger partial charge < -0.3 is 14.5 Å². The first-order valence-electron chi connectivity index (χ1n) is 20.1. The van der Waals surface area contributed by atoms with Crippen molar-refractivity contribution in [2.75, 3.05) is 16.5 Å². The zero-order valence-electron chi connectivity index (χ0n) is 33.5. The van der Waals surface area contributed by atoms with Gasteiger partial charge in [-0.1, -0.05) is 106 Å². The number of rotatable bonds is 7. The Morgan fingerprint density at radius 2 is 1.24 bits per heavy atom. The first-order chi connectivity index (χ1) is 28.7. The van der Waals surface area contributed by atoms with Gasteiger partial charge in [0.15, 0.2) is 0 Å². The number of hydrogen-bond donors (Lipinski definition) is 0. The Labute approximate surface area is 344 Å². The fourth-order valence-electron chi connectivity index (χ4n) is 8.48. The van der Waals surface area contributed by atoms with Gasteiger partial charge in [0.25, 0.3) is 0 Å². The summed E-state index contributed by atoms with van der Waals surface area (Å²) in [7, 11) is 0. The zero-order valence-corrected chi connectivity index (χ0v) is 33.5. The summed E-state index contributed by atoms with van der Waals surface area (Å²) in [6.45, 7) is 9.41. The maximum Gasteiger partial charge on any atom is 0.137 e. The number of ether oxygens (including phenoxy) is 1. The highest BCUT2D eigenvalue weighted by Gasteiger charge is 2.30. The van der Waals surface area contributed by atoms with Crippen LogP contribution in [0.3, 0.4) is 0 Å². The van der Waals surface area contributed by atoms with Crippen molar-refractivity contribution in [1.29, 1.82) is 0 Å². The molecule has 0 saturated heterocycles. The second kappa shape index (κ2) is 14.3. The summed E-state index contributed by atoms with van der Waals surface area (Å²) in [6.07, 6.45) is 1.91. The summed E-state index contributed by atoms with van der Waals surface area (Å²) in [4.78, 5) is 9.57. The van der Waals surface area contributed by atoms with Crippen LogP contribution in [0.2, 0.25) is 0 Å². The highest BCUT2D eigenvalue weighted by molar-refractivity contribution is 6.09. The van der Waals surface area contributed by atoms with Crippen LogP contribution in [0, 0.1) is 12.7 Å². The highest BCUT2D eigenvalue weighted by atomic mass is 19.1. The fourth-order valence-corrected chi connectivity index (χ4v) is 8.48. The number of aromatic nitrogens is 2. The van der Waals surface area contributed by atoms with Crippen LogP contribution < -0.4 is 14.5 Å². The average molecular weight is 771 g/mol. The number of benzene rings is 7. The van der Waals surface area contributed by atoms with E-state index in [9.17, 15) is 4.39 Å². The minimum absolute atomic E-state index is 0.0244. The van der Waals surface area contributed by atoms with E-state index in [1.54, 1.807) is 0 Å². The zero-order chi connectivity index (χ0) is 40.3. The van der Waals surface area contributed by atoms with Crippen LogP contribution in [0.15, 0.2) is 176 Å². The largest absolute Gasteiger partial charge is 0.457 e. The van der Waals surface area contributed by atoms with Gasteiger partial charge in [0.05, 0.1) is 28.1 Å². The summed E-state index contributed by atoms with van der Waals surface area (Å²) in [5, 5.41) is 2.30. The predicted molar refractivity (Wildman–Crippen MR) is 241 cm³/mol. The second-order valence-electron chi connectivity index (χ2n) is 16.3. The van der Waals surface area contributed by atoms with Gasteiger partial charge >= 0.3 is 0 Å². The Bertz CT molecular complexity index is 3030. The molecule has 3 heterocycles. The van der Waals surface area contributed by atoms with Crippen molar-refractivity contribution >= 4 is 44.6 Å². The molecule has 0 spiro atoms. The highest BCUT2D eigenvalue weighted by Crippen LogP contribution is 2.48. The van der Waals surface area contributed by atoms with Crippen molar-refractivity contribution < 1.29 is 9.13 Å². The van der Waals surface area contributed by atoms with Crippen LogP contribution in [0.1, 0.15) is 31.9 Å². The molecular weight excluding hydrogens is 728 g/mol. The van der Waals surface area contributed by atoms with Crippen molar-refractivity contribution in [2.24, 2.45) is 0 Å². The number of aryl methyl sites for hydroxylation is 1.